The molecule has 0 atom stereocenters. The minimum atomic E-state index is 0.177. The summed E-state index contributed by atoms with van der Waals surface area (Å²) in [7, 11) is 1.93. The normalized spacial score (nSPS) is 10.4. The Hall–Kier alpha value is -1.33. The molecule has 0 aliphatic heterocycles. The SMILES string of the molecule is CN(Cc1ccccc1Br)c1cc(Cl)nc(N)n1. The molecular formula is C12H12BrClN4. The van der Waals surface area contributed by atoms with Gasteiger partial charge in [-0.15, -0.1) is 0 Å². The lowest BCUT2D eigenvalue weighted by Crippen LogP contribution is -2.18. The van der Waals surface area contributed by atoms with Crippen LogP contribution >= 0.6 is 27.5 Å². The Kier molecular flexibility index (Phi) is 4.04. The summed E-state index contributed by atoms with van der Waals surface area (Å²) in [5, 5.41) is 0.344. The highest BCUT2D eigenvalue weighted by atomic mass is 79.9. The van der Waals surface area contributed by atoms with E-state index in [0.717, 1.165) is 10.0 Å². The van der Waals surface area contributed by atoms with Gasteiger partial charge in [-0.05, 0) is 11.6 Å². The molecule has 0 saturated heterocycles. The van der Waals surface area contributed by atoms with E-state index in [0.29, 0.717) is 17.5 Å². The minimum absolute atomic E-state index is 0.177. The molecule has 0 aliphatic rings. The summed E-state index contributed by atoms with van der Waals surface area (Å²) in [6.07, 6.45) is 0. The standard InChI is InChI=1S/C12H12BrClN4/c1-18(7-8-4-2-3-5-9(8)13)11-6-10(14)16-12(15)17-11/h2-6H,7H2,1H3,(H2,15,16,17). The van der Waals surface area contributed by atoms with E-state index in [1.807, 2.05) is 36.2 Å². The average molecular weight is 328 g/mol. The Morgan fingerprint density at radius 3 is 2.72 bits per heavy atom. The summed E-state index contributed by atoms with van der Waals surface area (Å²) < 4.78 is 1.06. The molecule has 0 fully saturated rings. The van der Waals surface area contributed by atoms with Crippen LogP contribution in [-0.4, -0.2) is 17.0 Å². The van der Waals surface area contributed by atoms with Crippen molar-refractivity contribution in [3.8, 4) is 0 Å². The molecule has 6 heteroatoms. The molecule has 1 heterocycles. The Labute approximate surface area is 119 Å². The largest absolute Gasteiger partial charge is 0.368 e. The van der Waals surface area contributed by atoms with Gasteiger partial charge in [-0.25, -0.2) is 4.98 Å². The maximum atomic E-state index is 5.86. The Morgan fingerprint density at radius 2 is 2.06 bits per heavy atom. The van der Waals surface area contributed by atoms with Crippen LogP contribution in [0.4, 0.5) is 11.8 Å². The summed E-state index contributed by atoms with van der Waals surface area (Å²) >= 11 is 9.38. The molecule has 94 valence electrons. The number of nitrogens with two attached hydrogens (primary N) is 1. The van der Waals surface area contributed by atoms with Gasteiger partial charge in [0.15, 0.2) is 0 Å². The lowest BCUT2D eigenvalue weighted by Gasteiger charge is -2.19. The van der Waals surface area contributed by atoms with Gasteiger partial charge in [-0.3, -0.25) is 0 Å². The predicted molar refractivity (Wildman–Crippen MR) is 77.7 cm³/mol. The average Bonchev–Trinajstić information content (AvgIpc) is 2.31. The van der Waals surface area contributed by atoms with Gasteiger partial charge in [0.25, 0.3) is 0 Å². The first-order valence-electron chi connectivity index (χ1n) is 5.31. The Balaban J connectivity index is 2.22. The zero-order valence-corrected chi connectivity index (χ0v) is 12.1. The van der Waals surface area contributed by atoms with Crippen LogP contribution in [0.3, 0.4) is 0 Å². The first-order valence-corrected chi connectivity index (χ1v) is 6.48. The molecule has 1 aromatic carbocycles. The van der Waals surface area contributed by atoms with Crippen molar-refractivity contribution in [2.45, 2.75) is 6.54 Å². The van der Waals surface area contributed by atoms with Crippen molar-refractivity contribution in [2.24, 2.45) is 0 Å². The van der Waals surface area contributed by atoms with E-state index in [2.05, 4.69) is 25.9 Å². The van der Waals surface area contributed by atoms with Gasteiger partial charge in [-0.1, -0.05) is 45.7 Å². The summed E-state index contributed by atoms with van der Waals surface area (Å²) in [5.41, 5.74) is 6.74. The zero-order chi connectivity index (χ0) is 13.1. The minimum Gasteiger partial charge on any atom is -0.368 e. The fourth-order valence-electron chi connectivity index (χ4n) is 1.58. The Bertz CT molecular complexity index is 541. The third kappa shape index (κ3) is 3.11. The molecule has 2 rings (SSSR count). The van der Waals surface area contributed by atoms with Crippen molar-refractivity contribution in [3.05, 3.63) is 45.5 Å². The first-order chi connectivity index (χ1) is 8.56. The second-order valence-corrected chi connectivity index (χ2v) is 5.10. The molecule has 0 radical (unpaired) electrons. The summed E-state index contributed by atoms with van der Waals surface area (Å²) in [6.45, 7) is 0.703. The van der Waals surface area contributed by atoms with Crippen molar-refractivity contribution in [1.82, 2.24) is 9.97 Å². The Morgan fingerprint density at radius 1 is 1.33 bits per heavy atom. The molecule has 18 heavy (non-hydrogen) atoms. The van der Waals surface area contributed by atoms with Crippen LogP contribution in [-0.2, 0) is 6.54 Å². The maximum Gasteiger partial charge on any atom is 0.223 e. The molecule has 4 nitrogen and oxygen atoms in total. The number of anilines is 2. The van der Waals surface area contributed by atoms with Crippen LogP contribution in [0.5, 0.6) is 0 Å². The lowest BCUT2D eigenvalue weighted by molar-refractivity contribution is 0.890. The maximum absolute atomic E-state index is 5.86. The molecule has 0 spiro atoms. The number of rotatable bonds is 3. The van der Waals surface area contributed by atoms with Crippen molar-refractivity contribution >= 4 is 39.3 Å². The summed E-state index contributed by atoms with van der Waals surface area (Å²) in [4.78, 5) is 9.95. The van der Waals surface area contributed by atoms with Gasteiger partial charge < -0.3 is 10.6 Å². The number of hydrogen-bond donors (Lipinski definition) is 1. The van der Waals surface area contributed by atoms with Crippen LogP contribution in [0, 0.1) is 0 Å². The van der Waals surface area contributed by atoms with Crippen molar-refractivity contribution in [1.29, 1.82) is 0 Å². The molecule has 0 saturated carbocycles. The van der Waals surface area contributed by atoms with Crippen molar-refractivity contribution < 1.29 is 0 Å². The van der Waals surface area contributed by atoms with Crippen LogP contribution in [0.1, 0.15) is 5.56 Å². The predicted octanol–water partition coefficient (Wildman–Crippen LogP) is 3.11. The molecular weight excluding hydrogens is 316 g/mol. The van der Waals surface area contributed by atoms with E-state index in [1.54, 1.807) is 6.07 Å². The molecule has 0 bridgehead atoms. The van der Waals surface area contributed by atoms with Crippen molar-refractivity contribution in [3.63, 3.8) is 0 Å². The quantitative estimate of drug-likeness (QED) is 0.880. The van der Waals surface area contributed by atoms with Crippen LogP contribution in [0.2, 0.25) is 5.15 Å². The van der Waals surface area contributed by atoms with E-state index in [9.17, 15) is 0 Å². The van der Waals surface area contributed by atoms with Crippen LogP contribution in [0.25, 0.3) is 0 Å². The molecule has 0 aliphatic carbocycles. The zero-order valence-electron chi connectivity index (χ0n) is 9.77. The molecule has 0 amide bonds. The summed E-state index contributed by atoms with van der Waals surface area (Å²) in [5.74, 6) is 0.875. The highest BCUT2D eigenvalue weighted by Gasteiger charge is 2.08. The lowest BCUT2D eigenvalue weighted by atomic mass is 10.2. The third-order valence-corrected chi connectivity index (χ3v) is 3.42. The first kappa shape index (κ1) is 13.1. The molecule has 2 N–H and O–H groups in total. The molecule has 2 aromatic rings. The number of aromatic nitrogens is 2. The van der Waals surface area contributed by atoms with Gasteiger partial charge in [0.05, 0.1) is 0 Å². The second-order valence-electron chi connectivity index (χ2n) is 3.85. The second kappa shape index (κ2) is 5.54. The van der Waals surface area contributed by atoms with Crippen molar-refractivity contribution in [2.75, 3.05) is 17.7 Å². The van der Waals surface area contributed by atoms with Gasteiger partial charge in [-0.2, -0.15) is 4.98 Å². The topological polar surface area (TPSA) is 55.0 Å². The highest BCUT2D eigenvalue weighted by Crippen LogP contribution is 2.21. The molecule has 1 aromatic heterocycles. The van der Waals surface area contributed by atoms with E-state index >= 15 is 0 Å². The van der Waals surface area contributed by atoms with Gasteiger partial charge in [0.2, 0.25) is 5.95 Å². The number of nitrogens with zero attached hydrogens (tertiary/aromatic N) is 3. The third-order valence-electron chi connectivity index (χ3n) is 2.46. The van der Waals surface area contributed by atoms with E-state index in [-0.39, 0.29) is 5.95 Å². The van der Waals surface area contributed by atoms with E-state index in [4.69, 9.17) is 17.3 Å². The van der Waals surface area contributed by atoms with E-state index < -0.39 is 0 Å². The van der Waals surface area contributed by atoms with Crippen LogP contribution < -0.4 is 10.6 Å². The number of halogens is 2. The van der Waals surface area contributed by atoms with Crippen LogP contribution in [0.15, 0.2) is 34.8 Å². The summed E-state index contributed by atoms with van der Waals surface area (Å²) in [6, 6.07) is 9.72. The smallest absolute Gasteiger partial charge is 0.223 e. The number of benzene rings is 1. The number of hydrogen-bond acceptors (Lipinski definition) is 4. The fourth-order valence-corrected chi connectivity index (χ4v) is 2.18. The monoisotopic (exact) mass is 326 g/mol. The van der Waals surface area contributed by atoms with Gasteiger partial charge in [0, 0.05) is 24.1 Å². The fraction of sp³-hybridized carbons (Fsp3) is 0.167. The van der Waals surface area contributed by atoms with E-state index in [1.165, 1.54) is 0 Å². The highest BCUT2D eigenvalue weighted by molar-refractivity contribution is 9.10. The number of nitrogen functional groups attached to an aromatic ring is 1. The van der Waals surface area contributed by atoms with Gasteiger partial charge in [0.1, 0.15) is 11.0 Å². The molecule has 0 unspecified atom stereocenters. The van der Waals surface area contributed by atoms with Gasteiger partial charge >= 0.3 is 0 Å².